The zero-order valence-electron chi connectivity index (χ0n) is 14.4. The Balaban J connectivity index is 2.09. The number of alkyl halides is 3. The molecule has 0 unspecified atom stereocenters. The van der Waals surface area contributed by atoms with Gasteiger partial charge in [0.2, 0.25) is 5.89 Å². The fourth-order valence-corrected chi connectivity index (χ4v) is 2.35. The number of anilines is 1. The van der Waals surface area contributed by atoms with E-state index < -0.39 is 36.1 Å². The number of carbonyl (C=O) groups excluding carboxylic acids is 1. The van der Waals surface area contributed by atoms with Crippen LogP contribution in [0.1, 0.15) is 27.8 Å². The Morgan fingerprint density at radius 2 is 1.96 bits per heavy atom. The first-order valence-corrected chi connectivity index (χ1v) is 7.57. The average Bonchev–Trinajstić information content (AvgIpc) is 3.19. The van der Waals surface area contributed by atoms with Gasteiger partial charge < -0.3 is 14.4 Å². The summed E-state index contributed by atoms with van der Waals surface area (Å²) in [6.07, 6.45) is -6.17. The van der Waals surface area contributed by atoms with Crippen LogP contribution in [-0.4, -0.2) is 53.8 Å². The van der Waals surface area contributed by atoms with Crippen LogP contribution in [0.15, 0.2) is 16.5 Å². The van der Waals surface area contributed by atoms with Gasteiger partial charge >= 0.3 is 18.3 Å². The van der Waals surface area contributed by atoms with Crippen molar-refractivity contribution in [3.05, 3.63) is 35.1 Å². The van der Waals surface area contributed by atoms with E-state index in [0.29, 0.717) is 10.5 Å². The Labute approximate surface area is 153 Å². The number of halogens is 3. The molecule has 3 heterocycles. The van der Waals surface area contributed by atoms with Crippen LogP contribution in [-0.2, 0) is 12.7 Å². The topological polar surface area (TPSA) is 139 Å². The molecule has 2 N–H and O–H groups in total. The van der Waals surface area contributed by atoms with E-state index in [2.05, 4.69) is 25.7 Å². The highest BCUT2D eigenvalue weighted by atomic mass is 19.4. The van der Waals surface area contributed by atoms with Crippen LogP contribution in [0.25, 0.3) is 5.65 Å². The molecule has 0 aromatic carbocycles. The van der Waals surface area contributed by atoms with E-state index in [1.165, 1.54) is 6.92 Å². The number of fused-ring (bicyclic) bond motifs is 1. The number of aryl methyl sites for hydroxylation is 1. The first-order valence-electron chi connectivity index (χ1n) is 7.57. The van der Waals surface area contributed by atoms with Crippen LogP contribution in [0.5, 0.6) is 0 Å². The van der Waals surface area contributed by atoms with Crippen molar-refractivity contribution < 1.29 is 32.3 Å². The number of hydrogen-bond donors (Lipinski definition) is 2. The maximum Gasteiger partial charge on any atom is 0.431 e. The lowest BCUT2D eigenvalue weighted by Crippen LogP contribution is -2.26. The van der Waals surface area contributed by atoms with E-state index in [0.717, 1.165) is 18.0 Å². The molecule has 0 fully saturated rings. The van der Waals surface area contributed by atoms with Crippen LogP contribution in [0.3, 0.4) is 0 Å². The predicted octanol–water partition coefficient (Wildman–Crippen LogP) is 1.80. The molecule has 0 aliphatic carbocycles. The van der Waals surface area contributed by atoms with Gasteiger partial charge in [-0.05, 0) is 12.1 Å². The second-order valence-electron chi connectivity index (χ2n) is 5.62. The highest BCUT2D eigenvalue weighted by Gasteiger charge is 2.36. The molecule has 3 aromatic heterocycles. The molecule has 0 aliphatic heterocycles. The molecule has 11 nitrogen and oxygen atoms in total. The van der Waals surface area contributed by atoms with Crippen molar-refractivity contribution >= 4 is 23.7 Å². The number of aromatic nitrogens is 5. The largest absolute Gasteiger partial charge is 0.465 e. The lowest BCUT2D eigenvalue weighted by molar-refractivity contribution is -0.142. The number of nitrogens with zero attached hydrogens (tertiary/aromatic N) is 6. The fraction of sp³-hybridized carbons (Fsp3) is 0.286. The molecule has 28 heavy (non-hydrogen) atoms. The summed E-state index contributed by atoms with van der Waals surface area (Å²) in [5.74, 6) is -0.988. The molecule has 148 valence electrons. The Bertz CT molecular complexity index is 1060. The van der Waals surface area contributed by atoms with Crippen LogP contribution in [0, 0.1) is 6.92 Å². The van der Waals surface area contributed by atoms with Gasteiger partial charge in [-0.15, -0.1) is 15.3 Å². The minimum absolute atomic E-state index is 0.175. The Kier molecular flexibility index (Phi) is 4.62. The van der Waals surface area contributed by atoms with Crippen molar-refractivity contribution in [3.8, 4) is 0 Å². The third-order valence-corrected chi connectivity index (χ3v) is 3.61. The molecule has 2 amide bonds. The number of pyridine rings is 1. The van der Waals surface area contributed by atoms with Gasteiger partial charge in [-0.3, -0.25) is 14.5 Å². The van der Waals surface area contributed by atoms with Gasteiger partial charge in [-0.2, -0.15) is 13.2 Å². The van der Waals surface area contributed by atoms with E-state index in [1.807, 2.05) is 0 Å². The highest BCUT2D eigenvalue weighted by Crippen LogP contribution is 2.31. The summed E-state index contributed by atoms with van der Waals surface area (Å²) in [5.41, 5.74) is -1.82. The van der Waals surface area contributed by atoms with Crippen molar-refractivity contribution in [2.45, 2.75) is 19.6 Å². The van der Waals surface area contributed by atoms with E-state index in [-0.39, 0.29) is 23.3 Å². The van der Waals surface area contributed by atoms with Crippen LogP contribution in [0.4, 0.5) is 24.0 Å². The smallest absolute Gasteiger partial charge is 0.431 e. The molecule has 14 heteroatoms. The third kappa shape index (κ3) is 3.56. The van der Waals surface area contributed by atoms with Crippen molar-refractivity contribution in [3.63, 3.8) is 0 Å². The molecule has 3 aromatic rings. The number of hydrogen-bond acceptors (Lipinski definition) is 7. The molecule has 0 bridgehead atoms. The SMILES string of the molecule is Cc1nnc(NC(=O)c2ccc(C(F)(F)F)n3c(CN(C)C(=O)O)nnc23)o1. The lowest BCUT2D eigenvalue weighted by atomic mass is 10.2. The average molecular weight is 399 g/mol. The Morgan fingerprint density at radius 1 is 1.25 bits per heavy atom. The van der Waals surface area contributed by atoms with Crippen LogP contribution in [0.2, 0.25) is 0 Å². The van der Waals surface area contributed by atoms with Gasteiger partial charge in [-0.1, -0.05) is 5.10 Å². The normalized spacial score (nSPS) is 11.6. The fourth-order valence-electron chi connectivity index (χ4n) is 2.35. The minimum Gasteiger partial charge on any atom is -0.465 e. The molecule has 0 saturated heterocycles. The van der Waals surface area contributed by atoms with E-state index >= 15 is 0 Å². The monoisotopic (exact) mass is 399 g/mol. The van der Waals surface area contributed by atoms with Crippen molar-refractivity contribution in [1.82, 2.24) is 29.7 Å². The van der Waals surface area contributed by atoms with Crippen molar-refractivity contribution in [2.24, 2.45) is 0 Å². The maximum absolute atomic E-state index is 13.4. The Hall–Kier alpha value is -3.71. The summed E-state index contributed by atoms with van der Waals surface area (Å²) >= 11 is 0. The number of carboxylic acid groups (broad SMARTS) is 1. The molecule has 3 rings (SSSR count). The van der Waals surface area contributed by atoms with Gasteiger partial charge in [0, 0.05) is 14.0 Å². The van der Waals surface area contributed by atoms with E-state index in [4.69, 9.17) is 9.52 Å². The van der Waals surface area contributed by atoms with Gasteiger partial charge in [0.15, 0.2) is 11.5 Å². The maximum atomic E-state index is 13.4. The second kappa shape index (κ2) is 6.79. The van der Waals surface area contributed by atoms with Gasteiger partial charge in [0.1, 0.15) is 5.69 Å². The number of carbonyl (C=O) groups is 2. The highest BCUT2D eigenvalue weighted by molar-refractivity contribution is 6.07. The molecule has 0 radical (unpaired) electrons. The second-order valence-corrected chi connectivity index (χ2v) is 5.62. The molecule has 0 saturated carbocycles. The quantitative estimate of drug-likeness (QED) is 0.677. The summed E-state index contributed by atoms with van der Waals surface area (Å²) in [5, 5.41) is 25.6. The lowest BCUT2D eigenvalue weighted by Gasteiger charge is -2.15. The summed E-state index contributed by atoms with van der Waals surface area (Å²) < 4.78 is 45.8. The summed E-state index contributed by atoms with van der Waals surface area (Å²) in [6, 6.07) is 1.36. The van der Waals surface area contributed by atoms with Gasteiger partial charge in [-0.25, -0.2) is 4.79 Å². The predicted molar refractivity (Wildman–Crippen MR) is 84.5 cm³/mol. The number of nitrogens with one attached hydrogen (secondary N) is 1. The molecular weight excluding hydrogens is 387 g/mol. The van der Waals surface area contributed by atoms with Gasteiger partial charge in [0.05, 0.1) is 12.1 Å². The zero-order chi connectivity index (χ0) is 20.6. The molecule has 0 atom stereocenters. The summed E-state index contributed by atoms with van der Waals surface area (Å²) in [7, 11) is 1.16. The van der Waals surface area contributed by atoms with Crippen molar-refractivity contribution in [2.75, 3.05) is 12.4 Å². The molecular formula is C14H12F3N7O4. The first-order chi connectivity index (χ1) is 13.1. The third-order valence-electron chi connectivity index (χ3n) is 3.61. The molecule has 0 aliphatic rings. The molecule has 0 spiro atoms. The summed E-state index contributed by atoms with van der Waals surface area (Å²) in [6.45, 7) is 1.01. The Morgan fingerprint density at radius 3 is 2.54 bits per heavy atom. The first kappa shape index (κ1) is 19.1. The minimum atomic E-state index is -4.80. The van der Waals surface area contributed by atoms with E-state index in [9.17, 15) is 22.8 Å². The van der Waals surface area contributed by atoms with E-state index in [1.54, 1.807) is 0 Å². The number of rotatable bonds is 4. The summed E-state index contributed by atoms with van der Waals surface area (Å²) in [4.78, 5) is 24.1. The van der Waals surface area contributed by atoms with Crippen LogP contribution >= 0.6 is 0 Å². The zero-order valence-corrected chi connectivity index (χ0v) is 14.4. The van der Waals surface area contributed by atoms with Crippen molar-refractivity contribution in [1.29, 1.82) is 0 Å². The van der Waals surface area contributed by atoms with Gasteiger partial charge in [0.25, 0.3) is 5.91 Å². The van der Waals surface area contributed by atoms with Crippen LogP contribution < -0.4 is 5.32 Å². The standard InChI is InChI=1S/C14H12F3N7O4/c1-6-19-22-12(28-6)18-11(25)7-3-4-8(14(15,16)17)24-9(20-21-10(7)24)5-23(2)13(26)27/h3-4H,5H2,1-2H3,(H,26,27)(H,18,22,25). The number of amides is 2.